The first kappa shape index (κ1) is 22.3. The van der Waals surface area contributed by atoms with Crippen molar-refractivity contribution in [1.29, 1.82) is 0 Å². The number of hydrogen-bond donors (Lipinski definition) is 0. The Morgan fingerprint density at radius 2 is 1.77 bits per heavy atom. The number of aryl methyl sites for hydroxylation is 1. The van der Waals surface area contributed by atoms with Crippen LogP contribution in [0.5, 0.6) is 23.0 Å². The molecule has 7 nitrogen and oxygen atoms in total. The van der Waals surface area contributed by atoms with Crippen LogP contribution in [0.15, 0.2) is 66.6 Å². The number of benzene rings is 3. The molecule has 35 heavy (non-hydrogen) atoms. The lowest BCUT2D eigenvalue weighted by Gasteiger charge is -2.10. The van der Waals surface area contributed by atoms with Crippen LogP contribution in [0, 0.1) is 6.92 Å². The van der Waals surface area contributed by atoms with Crippen LogP contribution in [0.3, 0.4) is 0 Å². The Labute approximate surface area is 202 Å². The summed E-state index contributed by atoms with van der Waals surface area (Å²) in [6, 6.07) is 15.7. The van der Waals surface area contributed by atoms with E-state index in [1.807, 2.05) is 36.0 Å². The molecule has 0 bridgehead atoms. The summed E-state index contributed by atoms with van der Waals surface area (Å²) in [5.74, 6) is 1.43. The maximum Gasteiger partial charge on any atom is 0.343 e. The Morgan fingerprint density at radius 1 is 1.00 bits per heavy atom. The third-order valence-corrected chi connectivity index (χ3v) is 6.06. The fraction of sp³-hybridized carbons (Fsp3) is 0.143. The summed E-state index contributed by atoms with van der Waals surface area (Å²) in [6.07, 6.45) is 3.66. The van der Waals surface area contributed by atoms with Crippen LogP contribution in [0.4, 0.5) is 0 Å². The van der Waals surface area contributed by atoms with Crippen molar-refractivity contribution < 1.29 is 28.5 Å². The Kier molecular flexibility index (Phi) is 5.53. The van der Waals surface area contributed by atoms with E-state index in [4.69, 9.17) is 18.9 Å². The van der Waals surface area contributed by atoms with Gasteiger partial charge in [0, 0.05) is 35.3 Å². The average molecular weight is 469 g/mol. The van der Waals surface area contributed by atoms with Crippen LogP contribution < -0.4 is 18.9 Å². The number of aromatic nitrogens is 1. The molecule has 5 rings (SSSR count). The van der Waals surface area contributed by atoms with E-state index < -0.39 is 5.97 Å². The van der Waals surface area contributed by atoms with Crippen molar-refractivity contribution in [3.05, 3.63) is 88.8 Å². The molecule has 0 saturated heterocycles. The first-order valence-electron chi connectivity index (χ1n) is 11.0. The molecule has 0 radical (unpaired) electrons. The summed E-state index contributed by atoms with van der Waals surface area (Å²) in [4.78, 5) is 25.8. The smallest absolute Gasteiger partial charge is 0.343 e. The quantitative estimate of drug-likeness (QED) is 0.223. The van der Waals surface area contributed by atoms with Crippen LogP contribution in [-0.4, -0.2) is 30.5 Å². The molecule has 0 fully saturated rings. The molecular formula is C28H23NO6. The number of nitrogens with zero attached hydrogens (tertiary/aromatic N) is 1. The molecule has 7 heteroatoms. The number of carbonyl (C=O) groups excluding carboxylic acids is 2. The Hall–Kier alpha value is -4.52. The first-order valence-corrected chi connectivity index (χ1v) is 11.0. The van der Waals surface area contributed by atoms with Crippen LogP contribution in [0.2, 0.25) is 0 Å². The molecule has 0 saturated carbocycles. The normalized spacial score (nSPS) is 13.6. The maximum atomic E-state index is 13.1. The lowest BCUT2D eigenvalue weighted by Crippen LogP contribution is -2.09. The van der Waals surface area contributed by atoms with Crippen LogP contribution >= 0.6 is 0 Å². The van der Waals surface area contributed by atoms with Gasteiger partial charge in [0.15, 0.2) is 5.76 Å². The minimum absolute atomic E-state index is 0.203. The highest BCUT2D eigenvalue weighted by molar-refractivity contribution is 6.15. The van der Waals surface area contributed by atoms with Gasteiger partial charge in [0.25, 0.3) is 0 Å². The highest BCUT2D eigenvalue weighted by atomic mass is 16.5. The molecule has 0 atom stereocenters. The van der Waals surface area contributed by atoms with Crippen molar-refractivity contribution in [1.82, 2.24) is 4.57 Å². The molecular weight excluding hydrogens is 446 g/mol. The third-order valence-electron chi connectivity index (χ3n) is 6.06. The molecule has 1 aliphatic rings. The highest BCUT2D eigenvalue weighted by Crippen LogP contribution is 2.40. The summed E-state index contributed by atoms with van der Waals surface area (Å²) in [5.41, 5.74) is 3.18. The number of rotatable bonds is 5. The van der Waals surface area contributed by atoms with Crippen molar-refractivity contribution in [2.75, 3.05) is 14.2 Å². The largest absolute Gasteiger partial charge is 0.497 e. The van der Waals surface area contributed by atoms with E-state index in [1.165, 1.54) is 7.11 Å². The third kappa shape index (κ3) is 3.91. The van der Waals surface area contributed by atoms with Gasteiger partial charge in [0.2, 0.25) is 5.78 Å². The molecule has 176 valence electrons. The molecule has 2 heterocycles. The lowest BCUT2D eigenvalue weighted by molar-refractivity contribution is 0.0732. The second kappa shape index (κ2) is 8.68. The number of ketones is 1. The van der Waals surface area contributed by atoms with Gasteiger partial charge in [-0.3, -0.25) is 4.79 Å². The van der Waals surface area contributed by atoms with Gasteiger partial charge < -0.3 is 23.5 Å². The summed E-state index contributed by atoms with van der Waals surface area (Å²) in [5, 5.41) is 0.941. The number of carbonyl (C=O) groups is 2. The molecule has 0 N–H and O–H groups in total. The number of esters is 1. The van der Waals surface area contributed by atoms with Crippen LogP contribution in [0.1, 0.15) is 31.8 Å². The van der Waals surface area contributed by atoms with Crippen molar-refractivity contribution in [3.63, 3.8) is 0 Å². The molecule has 3 aromatic carbocycles. The van der Waals surface area contributed by atoms with Gasteiger partial charge in [-0.05, 0) is 61.5 Å². The topological polar surface area (TPSA) is 76.0 Å². The maximum absolute atomic E-state index is 13.1. The van der Waals surface area contributed by atoms with E-state index in [9.17, 15) is 9.59 Å². The highest BCUT2D eigenvalue weighted by Gasteiger charge is 2.31. The summed E-state index contributed by atoms with van der Waals surface area (Å²) < 4.78 is 24.1. The molecule has 4 aromatic rings. The zero-order chi connectivity index (χ0) is 24.7. The van der Waals surface area contributed by atoms with Gasteiger partial charge in [0.1, 0.15) is 23.0 Å². The number of Topliss-reactive ketones (excluding diaryl/α,β-unsaturated/α-hetero) is 1. The van der Waals surface area contributed by atoms with Crippen molar-refractivity contribution in [2.24, 2.45) is 7.05 Å². The van der Waals surface area contributed by atoms with Crippen molar-refractivity contribution in [2.45, 2.75) is 6.92 Å². The second-order valence-corrected chi connectivity index (χ2v) is 8.21. The molecule has 0 spiro atoms. The van der Waals surface area contributed by atoms with Gasteiger partial charge in [-0.2, -0.15) is 0 Å². The number of fused-ring (bicyclic) bond motifs is 2. The minimum atomic E-state index is -0.531. The first-order chi connectivity index (χ1) is 16.9. The lowest BCUT2D eigenvalue weighted by atomic mass is 10.1. The standard InChI is InChI=1S/C28H23NO6/c1-16-24(35-28(31)17-6-5-7-19(12-17)32-3)11-9-21-26(30)25(34-27(16)21)13-18-15-29(2)23-10-8-20(33-4)14-22(18)23/h5-15H,1-4H3. The van der Waals surface area contributed by atoms with Crippen molar-refractivity contribution in [3.8, 4) is 23.0 Å². The predicted molar refractivity (Wildman–Crippen MR) is 132 cm³/mol. The molecule has 1 aliphatic heterocycles. The van der Waals surface area contributed by atoms with Gasteiger partial charge in [-0.1, -0.05) is 6.07 Å². The van der Waals surface area contributed by atoms with Gasteiger partial charge in [0.05, 0.1) is 25.3 Å². The fourth-order valence-corrected chi connectivity index (χ4v) is 4.17. The number of hydrogen-bond acceptors (Lipinski definition) is 6. The summed E-state index contributed by atoms with van der Waals surface area (Å²) >= 11 is 0. The van der Waals surface area contributed by atoms with Gasteiger partial charge in [-0.15, -0.1) is 0 Å². The fourth-order valence-electron chi connectivity index (χ4n) is 4.17. The number of allylic oxidation sites excluding steroid dienone is 1. The second-order valence-electron chi connectivity index (χ2n) is 8.21. The zero-order valence-electron chi connectivity index (χ0n) is 19.7. The molecule has 0 unspecified atom stereocenters. The molecule has 0 amide bonds. The average Bonchev–Trinajstić information content (AvgIpc) is 3.37. The van der Waals surface area contributed by atoms with Crippen molar-refractivity contribution >= 4 is 28.7 Å². The van der Waals surface area contributed by atoms with E-state index in [0.29, 0.717) is 33.9 Å². The van der Waals surface area contributed by atoms with E-state index in [-0.39, 0.29) is 11.5 Å². The monoisotopic (exact) mass is 469 g/mol. The Bertz CT molecular complexity index is 1530. The van der Waals surface area contributed by atoms with E-state index in [1.54, 1.807) is 56.5 Å². The van der Waals surface area contributed by atoms with E-state index >= 15 is 0 Å². The van der Waals surface area contributed by atoms with E-state index in [2.05, 4.69) is 0 Å². The summed E-state index contributed by atoms with van der Waals surface area (Å²) in [6.45, 7) is 1.76. The Morgan fingerprint density at radius 3 is 2.54 bits per heavy atom. The number of methoxy groups -OCH3 is 2. The number of ether oxygens (including phenoxy) is 4. The zero-order valence-corrected chi connectivity index (χ0v) is 19.7. The van der Waals surface area contributed by atoms with Gasteiger partial charge in [-0.25, -0.2) is 4.79 Å². The Balaban J connectivity index is 1.46. The van der Waals surface area contributed by atoms with Gasteiger partial charge >= 0.3 is 5.97 Å². The summed E-state index contributed by atoms with van der Waals surface area (Å²) in [7, 11) is 5.09. The SMILES string of the molecule is COc1cccc(C(=O)Oc2ccc3c(c2C)OC(=Cc2cn(C)c4ccc(OC)cc24)C3=O)c1. The van der Waals surface area contributed by atoms with Crippen LogP contribution in [0.25, 0.3) is 17.0 Å². The molecule has 0 aliphatic carbocycles. The predicted octanol–water partition coefficient (Wildman–Crippen LogP) is 5.34. The van der Waals surface area contributed by atoms with Crippen LogP contribution in [-0.2, 0) is 7.05 Å². The minimum Gasteiger partial charge on any atom is -0.497 e. The van der Waals surface area contributed by atoms with E-state index in [0.717, 1.165) is 22.2 Å². The molecule has 1 aromatic heterocycles.